The number of tetrazole rings is 1. The second kappa shape index (κ2) is 7.05. The van der Waals surface area contributed by atoms with Crippen molar-refractivity contribution in [2.75, 3.05) is 26.2 Å². The molecule has 4 rings (SSSR count). The highest BCUT2D eigenvalue weighted by Crippen LogP contribution is 2.40. The van der Waals surface area contributed by atoms with Crippen molar-refractivity contribution in [2.24, 2.45) is 5.41 Å². The largest absolute Gasteiger partial charge is 0.342 e. The Labute approximate surface area is 157 Å². The Hall–Kier alpha value is -2.84. The van der Waals surface area contributed by atoms with Crippen molar-refractivity contribution in [1.82, 2.24) is 35.0 Å². The van der Waals surface area contributed by atoms with Gasteiger partial charge in [-0.1, -0.05) is 6.92 Å². The monoisotopic (exact) mass is 369 g/mol. The first-order valence-corrected chi connectivity index (χ1v) is 9.41. The fourth-order valence-electron chi connectivity index (χ4n) is 4.19. The van der Waals surface area contributed by atoms with E-state index in [1.807, 2.05) is 4.90 Å². The summed E-state index contributed by atoms with van der Waals surface area (Å²) in [4.78, 5) is 34.0. The molecule has 2 fully saturated rings. The van der Waals surface area contributed by atoms with Crippen molar-refractivity contribution in [2.45, 2.75) is 32.6 Å². The molecular weight excluding hydrogens is 346 g/mol. The SMILES string of the molecule is CCCN1CCC[C@@]2(CCN(C(=O)c3ccnc(-n4cnnn4)c3)C2)C1=O. The molecular formula is C18H23N7O2. The predicted octanol–water partition coefficient (Wildman–Crippen LogP) is 0.922. The Morgan fingerprint density at radius 2 is 2.19 bits per heavy atom. The molecule has 2 aliphatic heterocycles. The van der Waals surface area contributed by atoms with E-state index in [2.05, 4.69) is 27.4 Å². The van der Waals surface area contributed by atoms with Crippen molar-refractivity contribution in [3.8, 4) is 5.82 Å². The summed E-state index contributed by atoms with van der Waals surface area (Å²) >= 11 is 0. The number of amides is 2. The van der Waals surface area contributed by atoms with Crippen LogP contribution in [0.5, 0.6) is 0 Å². The average Bonchev–Trinajstić information content (AvgIpc) is 3.36. The average molecular weight is 369 g/mol. The molecule has 0 saturated carbocycles. The maximum absolute atomic E-state index is 13.0. The maximum atomic E-state index is 13.0. The third-order valence-electron chi connectivity index (χ3n) is 5.53. The summed E-state index contributed by atoms with van der Waals surface area (Å²) < 4.78 is 1.41. The molecule has 1 spiro atoms. The van der Waals surface area contributed by atoms with E-state index in [9.17, 15) is 9.59 Å². The van der Waals surface area contributed by atoms with E-state index < -0.39 is 5.41 Å². The van der Waals surface area contributed by atoms with Crippen molar-refractivity contribution in [3.63, 3.8) is 0 Å². The van der Waals surface area contributed by atoms with Crippen molar-refractivity contribution in [1.29, 1.82) is 0 Å². The lowest BCUT2D eigenvalue weighted by Crippen LogP contribution is -2.50. The summed E-state index contributed by atoms with van der Waals surface area (Å²) in [6, 6.07) is 3.36. The number of likely N-dealkylation sites (tertiary alicyclic amines) is 2. The molecule has 0 unspecified atom stereocenters. The second-order valence-electron chi connectivity index (χ2n) is 7.31. The van der Waals surface area contributed by atoms with Gasteiger partial charge in [0.15, 0.2) is 5.82 Å². The molecule has 27 heavy (non-hydrogen) atoms. The van der Waals surface area contributed by atoms with Gasteiger partial charge in [-0.15, -0.1) is 5.10 Å². The Bertz CT molecular complexity index is 836. The summed E-state index contributed by atoms with van der Waals surface area (Å²) in [7, 11) is 0. The number of rotatable bonds is 4. The van der Waals surface area contributed by atoms with Crippen LogP contribution in [0.1, 0.15) is 43.0 Å². The molecule has 2 aliphatic rings. The standard InChI is InChI=1S/C18H23N7O2/c1-2-8-23-9-3-5-18(17(23)27)6-10-24(12-18)16(26)14-4-7-19-15(11-14)25-13-20-21-22-25/h4,7,11,13H,2-3,5-6,8-10,12H2,1H3/t18-/m0/s1. The van der Waals surface area contributed by atoms with Crippen LogP contribution in [0.15, 0.2) is 24.7 Å². The van der Waals surface area contributed by atoms with E-state index in [4.69, 9.17) is 0 Å². The molecule has 0 aromatic carbocycles. The molecule has 1 atom stereocenters. The van der Waals surface area contributed by atoms with E-state index in [1.165, 1.54) is 11.0 Å². The first kappa shape index (κ1) is 17.6. The highest BCUT2D eigenvalue weighted by atomic mass is 16.2. The fourth-order valence-corrected chi connectivity index (χ4v) is 4.19. The van der Waals surface area contributed by atoms with Crippen molar-refractivity contribution in [3.05, 3.63) is 30.2 Å². The van der Waals surface area contributed by atoms with Gasteiger partial charge in [-0.05, 0) is 48.2 Å². The third-order valence-corrected chi connectivity index (χ3v) is 5.53. The highest BCUT2D eigenvalue weighted by molar-refractivity contribution is 5.95. The maximum Gasteiger partial charge on any atom is 0.254 e. The lowest BCUT2D eigenvalue weighted by Gasteiger charge is -2.39. The number of carbonyl (C=O) groups excluding carboxylic acids is 2. The van der Waals surface area contributed by atoms with Crippen LogP contribution in [0, 0.1) is 5.41 Å². The normalized spacial score (nSPS) is 22.6. The predicted molar refractivity (Wildman–Crippen MR) is 96.0 cm³/mol. The second-order valence-corrected chi connectivity index (χ2v) is 7.31. The number of nitrogens with zero attached hydrogens (tertiary/aromatic N) is 7. The van der Waals surface area contributed by atoms with E-state index in [1.54, 1.807) is 23.2 Å². The van der Waals surface area contributed by atoms with Crippen molar-refractivity contribution < 1.29 is 9.59 Å². The number of hydrogen-bond donors (Lipinski definition) is 0. The molecule has 2 amide bonds. The van der Waals surface area contributed by atoms with Crippen LogP contribution in [0.25, 0.3) is 5.82 Å². The molecule has 0 bridgehead atoms. The minimum Gasteiger partial charge on any atom is -0.342 e. The highest BCUT2D eigenvalue weighted by Gasteiger charge is 2.49. The Morgan fingerprint density at radius 3 is 2.96 bits per heavy atom. The zero-order valence-corrected chi connectivity index (χ0v) is 15.4. The lowest BCUT2D eigenvalue weighted by molar-refractivity contribution is -0.145. The molecule has 2 aromatic heterocycles. The Morgan fingerprint density at radius 1 is 1.30 bits per heavy atom. The van der Waals surface area contributed by atoms with Crippen LogP contribution in [0.3, 0.4) is 0 Å². The molecule has 2 saturated heterocycles. The van der Waals surface area contributed by atoms with Gasteiger partial charge < -0.3 is 9.80 Å². The lowest BCUT2D eigenvalue weighted by atomic mass is 9.78. The van der Waals surface area contributed by atoms with Gasteiger partial charge in [0.25, 0.3) is 5.91 Å². The van der Waals surface area contributed by atoms with Gasteiger partial charge >= 0.3 is 0 Å². The molecule has 4 heterocycles. The van der Waals surface area contributed by atoms with Gasteiger partial charge in [-0.25, -0.2) is 4.98 Å². The number of piperidine rings is 1. The first-order valence-electron chi connectivity index (χ1n) is 9.41. The number of aromatic nitrogens is 5. The third kappa shape index (κ3) is 3.17. The molecule has 0 aliphatic carbocycles. The molecule has 9 nitrogen and oxygen atoms in total. The van der Waals surface area contributed by atoms with Gasteiger partial charge in [0, 0.05) is 37.9 Å². The van der Waals surface area contributed by atoms with Gasteiger partial charge in [0.2, 0.25) is 5.91 Å². The van der Waals surface area contributed by atoms with Crippen LogP contribution in [0.4, 0.5) is 0 Å². The van der Waals surface area contributed by atoms with E-state index in [-0.39, 0.29) is 11.8 Å². The van der Waals surface area contributed by atoms with Gasteiger partial charge in [-0.2, -0.15) is 4.68 Å². The summed E-state index contributed by atoms with van der Waals surface area (Å²) in [6.45, 7) is 4.82. The van der Waals surface area contributed by atoms with Crippen molar-refractivity contribution >= 4 is 11.8 Å². The number of pyridine rings is 1. The van der Waals surface area contributed by atoms with Crippen LogP contribution in [0.2, 0.25) is 0 Å². The molecule has 2 aromatic rings. The quantitative estimate of drug-likeness (QED) is 0.795. The topological polar surface area (TPSA) is 97.1 Å². The van der Waals surface area contributed by atoms with E-state index in [0.29, 0.717) is 24.5 Å². The summed E-state index contributed by atoms with van der Waals surface area (Å²) in [5, 5.41) is 11.0. The Balaban J connectivity index is 1.51. The summed E-state index contributed by atoms with van der Waals surface area (Å²) in [5.74, 6) is 0.627. The molecule has 0 radical (unpaired) electrons. The molecule has 0 N–H and O–H groups in total. The zero-order valence-electron chi connectivity index (χ0n) is 15.4. The van der Waals surface area contributed by atoms with Gasteiger partial charge in [-0.3, -0.25) is 9.59 Å². The van der Waals surface area contributed by atoms with Crippen LogP contribution >= 0.6 is 0 Å². The zero-order chi connectivity index (χ0) is 18.9. The van der Waals surface area contributed by atoms with Crippen LogP contribution in [-0.2, 0) is 4.79 Å². The first-order chi connectivity index (χ1) is 13.1. The molecule has 9 heteroatoms. The molecule has 142 valence electrons. The van der Waals surface area contributed by atoms with Gasteiger partial charge in [0.05, 0.1) is 5.41 Å². The van der Waals surface area contributed by atoms with E-state index >= 15 is 0 Å². The number of hydrogen-bond acceptors (Lipinski definition) is 6. The number of carbonyl (C=O) groups is 2. The smallest absolute Gasteiger partial charge is 0.254 e. The minimum atomic E-state index is -0.408. The van der Waals surface area contributed by atoms with E-state index in [0.717, 1.165) is 38.8 Å². The van der Waals surface area contributed by atoms with Crippen LogP contribution < -0.4 is 0 Å². The minimum absolute atomic E-state index is 0.0796. The fraction of sp³-hybridized carbons (Fsp3) is 0.556. The Kier molecular flexibility index (Phi) is 4.59. The summed E-state index contributed by atoms with van der Waals surface area (Å²) in [5.41, 5.74) is 0.121. The summed E-state index contributed by atoms with van der Waals surface area (Å²) in [6.07, 6.45) is 6.58. The van der Waals surface area contributed by atoms with Crippen LogP contribution in [-0.4, -0.2) is 73.0 Å². The van der Waals surface area contributed by atoms with Gasteiger partial charge in [0.1, 0.15) is 6.33 Å².